The molecule has 3 rings (SSSR count). The fourth-order valence-electron chi connectivity index (χ4n) is 1.34. The van der Waals surface area contributed by atoms with Crippen LogP contribution < -0.4 is 10.1 Å². The van der Waals surface area contributed by atoms with Crippen molar-refractivity contribution in [3.63, 3.8) is 0 Å². The molecule has 0 amide bonds. The molecule has 14 heavy (non-hydrogen) atoms. The number of methoxy groups -OCH3 is 1. The molecule has 0 radical (unpaired) electrons. The van der Waals surface area contributed by atoms with E-state index >= 15 is 0 Å². The van der Waals surface area contributed by atoms with Gasteiger partial charge in [-0.1, -0.05) is 0 Å². The maximum Gasteiger partial charge on any atom is 0.337 e. The van der Waals surface area contributed by atoms with Crippen LogP contribution in [0.1, 0.15) is 11.0 Å². The first-order valence-corrected chi connectivity index (χ1v) is 4.92. The van der Waals surface area contributed by atoms with Crippen molar-refractivity contribution in [2.24, 2.45) is 0 Å². The quantitative estimate of drug-likeness (QED) is 0.789. The molecular formula is C7H7N5OS. The summed E-state index contributed by atoms with van der Waals surface area (Å²) in [5.74, 6) is 0.736. The molecule has 3 heterocycles. The molecule has 2 aromatic heterocycles. The Morgan fingerprint density at radius 1 is 1.64 bits per heavy atom. The van der Waals surface area contributed by atoms with Gasteiger partial charge >= 0.3 is 6.01 Å². The first-order valence-electron chi connectivity index (χ1n) is 4.04. The van der Waals surface area contributed by atoms with Crippen LogP contribution in [-0.2, 0) is 0 Å². The van der Waals surface area contributed by atoms with E-state index in [0.717, 1.165) is 10.8 Å². The lowest BCUT2D eigenvalue weighted by atomic mass is 10.3. The van der Waals surface area contributed by atoms with E-state index in [9.17, 15) is 0 Å². The number of nitrogens with one attached hydrogen (secondary N) is 1. The summed E-state index contributed by atoms with van der Waals surface area (Å²) in [4.78, 5) is 9.20. The Morgan fingerprint density at radius 3 is 3.29 bits per heavy atom. The number of hydrogen-bond acceptors (Lipinski definition) is 6. The second kappa shape index (κ2) is 2.68. The number of thiazole rings is 1. The van der Waals surface area contributed by atoms with Gasteiger partial charge < -0.3 is 10.1 Å². The Bertz CT molecular complexity index is 451. The largest absolute Gasteiger partial charge is 0.466 e. The van der Waals surface area contributed by atoms with E-state index in [4.69, 9.17) is 4.74 Å². The molecular weight excluding hydrogens is 202 g/mol. The third kappa shape index (κ3) is 0.925. The molecule has 1 atom stereocenters. The van der Waals surface area contributed by atoms with Crippen LogP contribution in [0.15, 0.2) is 11.7 Å². The lowest BCUT2D eigenvalue weighted by Gasteiger charge is -2.27. The first-order chi connectivity index (χ1) is 6.88. The summed E-state index contributed by atoms with van der Waals surface area (Å²) in [6.07, 6.45) is 1.88. The summed E-state index contributed by atoms with van der Waals surface area (Å²) < 4.78 is 6.71. The van der Waals surface area contributed by atoms with Crippen molar-refractivity contribution < 1.29 is 4.74 Å². The molecule has 2 aromatic rings. The van der Waals surface area contributed by atoms with E-state index in [1.807, 2.05) is 6.20 Å². The third-order valence-electron chi connectivity index (χ3n) is 2.03. The molecule has 0 fully saturated rings. The minimum absolute atomic E-state index is 0.0638. The Labute approximate surface area is 83.6 Å². The van der Waals surface area contributed by atoms with Crippen molar-refractivity contribution in [3.8, 4) is 6.01 Å². The molecule has 1 aliphatic heterocycles. The molecule has 6 nitrogen and oxygen atoms in total. The van der Waals surface area contributed by atoms with Crippen molar-refractivity contribution in [1.29, 1.82) is 0 Å². The number of ether oxygens (including phenoxy) is 1. The molecule has 0 spiro atoms. The van der Waals surface area contributed by atoms with Crippen LogP contribution in [0.2, 0.25) is 0 Å². The summed E-state index contributed by atoms with van der Waals surface area (Å²) in [5.41, 5.74) is 1.79. The van der Waals surface area contributed by atoms with E-state index in [2.05, 4.69) is 20.4 Å². The maximum absolute atomic E-state index is 4.93. The van der Waals surface area contributed by atoms with Crippen molar-refractivity contribution in [2.45, 2.75) is 6.17 Å². The topological polar surface area (TPSA) is 64.9 Å². The number of anilines is 1. The molecule has 0 saturated heterocycles. The van der Waals surface area contributed by atoms with E-state index < -0.39 is 0 Å². The molecule has 72 valence electrons. The lowest BCUT2D eigenvalue weighted by molar-refractivity contribution is 0.373. The molecule has 1 N–H and O–H groups in total. The number of fused-ring (bicyclic) bond motifs is 1. The molecule has 0 aliphatic carbocycles. The van der Waals surface area contributed by atoms with Crippen LogP contribution in [0.4, 0.5) is 5.95 Å². The molecule has 0 aromatic carbocycles. The van der Waals surface area contributed by atoms with Crippen molar-refractivity contribution in [3.05, 3.63) is 16.6 Å². The zero-order valence-corrected chi connectivity index (χ0v) is 8.15. The normalized spacial score (nSPS) is 18.2. The summed E-state index contributed by atoms with van der Waals surface area (Å²) in [6.45, 7) is 0. The zero-order chi connectivity index (χ0) is 9.54. The highest BCUT2D eigenvalue weighted by atomic mass is 32.1. The molecule has 7 heteroatoms. The summed E-state index contributed by atoms with van der Waals surface area (Å²) in [7, 11) is 1.55. The fraction of sp³-hybridized carbons (Fsp3) is 0.286. The average Bonchev–Trinajstić information content (AvgIpc) is 2.77. The number of hydrogen-bond donors (Lipinski definition) is 1. The first kappa shape index (κ1) is 7.74. The second-order valence-corrected chi connectivity index (χ2v) is 3.74. The van der Waals surface area contributed by atoms with Crippen LogP contribution in [-0.4, -0.2) is 26.9 Å². The summed E-state index contributed by atoms with van der Waals surface area (Å²) in [6, 6.07) is 0.388. The monoisotopic (exact) mass is 209 g/mol. The average molecular weight is 209 g/mol. The third-order valence-corrected chi connectivity index (χ3v) is 2.85. The number of aromatic nitrogens is 4. The maximum atomic E-state index is 4.93. The van der Waals surface area contributed by atoms with Gasteiger partial charge in [-0.25, -0.2) is 0 Å². The van der Waals surface area contributed by atoms with Crippen LogP contribution >= 0.6 is 11.3 Å². The SMILES string of the molecule is COc1nc2n(n1)C(c1cncs1)N2. The smallest absolute Gasteiger partial charge is 0.337 e. The van der Waals surface area contributed by atoms with Crippen molar-refractivity contribution in [1.82, 2.24) is 19.7 Å². The van der Waals surface area contributed by atoms with Gasteiger partial charge in [0.1, 0.15) is 0 Å². The fourth-order valence-corrected chi connectivity index (χ4v) is 1.99. The van der Waals surface area contributed by atoms with Gasteiger partial charge in [-0.15, -0.1) is 16.4 Å². The van der Waals surface area contributed by atoms with Crippen LogP contribution in [0.3, 0.4) is 0 Å². The summed E-state index contributed by atoms with van der Waals surface area (Å²) in [5, 5.41) is 7.31. The van der Waals surface area contributed by atoms with Crippen LogP contribution in [0.5, 0.6) is 6.01 Å². The van der Waals surface area contributed by atoms with Crippen LogP contribution in [0.25, 0.3) is 0 Å². The standard InChI is InChI=1S/C7H7N5OS/c1-13-7-10-6-9-5(12(6)11-7)4-2-8-3-14-4/h2-3,5H,1H3,(H,9,10,11). The minimum Gasteiger partial charge on any atom is -0.466 e. The predicted octanol–water partition coefficient (Wildman–Crippen LogP) is 0.716. The zero-order valence-electron chi connectivity index (χ0n) is 7.34. The number of nitrogens with zero attached hydrogens (tertiary/aromatic N) is 4. The van der Waals surface area contributed by atoms with E-state index in [1.54, 1.807) is 28.6 Å². The van der Waals surface area contributed by atoms with Gasteiger partial charge in [0, 0.05) is 6.20 Å². The predicted molar refractivity (Wildman–Crippen MR) is 50.4 cm³/mol. The van der Waals surface area contributed by atoms with Gasteiger partial charge in [0.05, 0.1) is 17.5 Å². The van der Waals surface area contributed by atoms with Gasteiger partial charge in [0.25, 0.3) is 0 Å². The highest BCUT2D eigenvalue weighted by Crippen LogP contribution is 2.33. The highest BCUT2D eigenvalue weighted by molar-refractivity contribution is 7.09. The second-order valence-electron chi connectivity index (χ2n) is 2.82. The van der Waals surface area contributed by atoms with Crippen molar-refractivity contribution in [2.75, 3.05) is 12.4 Å². The van der Waals surface area contributed by atoms with Gasteiger partial charge in [-0.05, 0) is 0 Å². The molecule has 0 bridgehead atoms. The Kier molecular flexibility index (Phi) is 1.48. The highest BCUT2D eigenvalue weighted by Gasteiger charge is 2.31. The lowest BCUT2D eigenvalue weighted by Crippen LogP contribution is -2.31. The van der Waals surface area contributed by atoms with Crippen molar-refractivity contribution >= 4 is 17.3 Å². The molecule has 1 aliphatic rings. The van der Waals surface area contributed by atoms with Gasteiger partial charge in [-0.3, -0.25) is 4.98 Å². The van der Waals surface area contributed by atoms with Crippen LogP contribution in [0, 0.1) is 0 Å². The van der Waals surface area contributed by atoms with E-state index in [-0.39, 0.29) is 6.17 Å². The van der Waals surface area contributed by atoms with Gasteiger partial charge in [0.15, 0.2) is 6.17 Å². The molecule has 1 unspecified atom stereocenters. The minimum atomic E-state index is 0.0638. The van der Waals surface area contributed by atoms with Gasteiger partial charge in [0.2, 0.25) is 5.95 Å². The summed E-state index contributed by atoms with van der Waals surface area (Å²) >= 11 is 1.58. The Balaban J connectivity index is 1.95. The van der Waals surface area contributed by atoms with E-state index in [1.165, 1.54) is 0 Å². The molecule has 0 saturated carbocycles. The Hall–Kier alpha value is -1.63. The van der Waals surface area contributed by atoms with E-state index in [0.29, 0.717) is 6.01 Å². The number of rotatable bonds is 2. The van der Waals surface area contributed by atoms with Gasteiger partial charge in [-0.2, -0.15) is 9.67 Å². The Morgan fingerprint density at radius 2 is 2.57 bits per heavy atom.